The van der Waals surface area contributed by atoms with Crippen molar-refractivity contribution in [3.63, 3.8) is 0 Å². The van der Waals surface area contributed by atoms with Crippen molar-refractivity contribution in [3.8, 4) is 6.07 Å². The minimum Gasteiger partial charge on any atom is -0.360 e. The molecule has 0 aromatic carbocycles. The van der Waals surface area contributed by atoms with Crippen LogP contribution in [0.5, 0.6) is 0 Å². The van der Waals surface area contributed by atoms with Gasteiger partial charge in [-0.05, 0) is 37.5 Å². The molecule has 0 N–H and O–H groups in total. The Morgan fingerprint density at radius 1 is 1.36 bits per heavy atom. The van der Waals surface area contributed by atoms with Gasteiger partial charge in [-0.3, -0.25) is 0 Å². The van der Waals surface area contributed by atoms with Crippen LogP contribution in [0.1, 0.15) is 46.5 Å². The van der Waals surface area contributed by atoms with Crippen LogP contribution in [0.15, 0.2) is 0 Å². The molecule has 0 aromatic rings. The van der Waals surface area contributed by atoms with Gasteiger partial charge in [0.25, 0.3) is 0 Å². The van der Waals surface area contributed by atoms with Gasteiger partial charge in [0.05, 0.1) is 12.2 Å². The normalized spacial score (nSPS) is 34.9. The summed E-state index contributed by atoms with van der Waals surface area (Å²) in [5.41, 5.74) is 0. The smallest absolute Gasteiger partial charge is 0.144 e. The second-order valence-electron chi connectivity index (χ2n) is 4.55. The van der Waals surface area contributed by atoms with Crippen molar-refractivity contribution in [1.29, 1.82) is 5.26 Å². The number of nitriles is 1. The zero-order chi connectivity index (χ0) is 10.6. The van der Waals surface area contributed by atoms with E-state index in [1.807, 2.05) is 6.92 Å². The molecule has 1 aliphatic carbocycles. The zero-order valence-electron chi connectivity index (χ0n) is 9.49. The van der Waals surface area contributed by atoms with Gasteiger partial charge < -0.3 is 4.74 Å². The monoisotopic (exact) mass is 195 g/mol. The van der Waals surface area contributed by atoms with Gasteiger partial charge >= 0.3 is 0 Å². The molecule has 2 nitrogen and oxygen atoms in total. The molecule has 1 saturated carbocycles. The first-order chi connectivity index (χ1) is 6.67. The fraction of sp³-hybridized carbons (Fsp3) is 0.917. The molecule has 0 radical (unpaired) electrons. The second kappa shape index (κ2) is 5.36. The zero-order valence-corrected chi connectivity index (χ0v) is 9.49. The lowest BCUT2D eigenvalue weighted by Crippen LogP contribution is -2.29. The van der Waals surface area contributed by atoms with Gasteiger partial charge in [0.15, 0.2) is 0 Å². The van der Waals surface area contributed by atoms with E-state index in [1.54, 1.807) is 0 Å². The summed E-state index contributed by atoms with van der Waals surface area (Å²) in [5, 5.41) is 8.80. The van der Waals surface area contributed by atoms with Crippen LogP contribution in [0.4, 0.5) is 0 Å². The molecule has 1 rings (SSSR count). The average Bonchev–Trinajstić information content (AvgIpc) is 2.19. The number of nitrogens with zero attached hydrogens (tertiary/aromatic N) is 1. The van der Waals surface area contributed by atoms with E-state index in [4.69, 9.17) is 10.00 Å². The molecule has 0 amide bonds. The molecule has 80 valence electrons. The van der Waals surface area contributed by atoms with Gasteiger partial charge in [-0.15, -0.1) is 0 Å². The van der Waals surface area contributed by atoms with E-state index in [1.165, 1.54) is 6.42 Å². The van der Waals surface area contributed by atoms with Crippen LogP contribution >= 0.6 is 0 Å². The quantitative estimate of drug-likeness (QED) is 0.693. The summed E-state index contributed by atoms with van der Waals surface area (Å²) < 4.78 is 5.75. The maximum atomic E-state index is 8.80. The van der Waals surface area contributed by atoms with E-state index in [0.717, 1.165) is 31.1 Å². The third kappa shape index (κ3) is 2.99. The summed E-state index contributed by atoms with van der Waals surface area (Å²) in [6.45, 7) is 6.60. The minimum absolute atomic E-state index is 0.194. The van der Waals surface area contributed by atoms with Crippen molar-refractivity contribution in [3.05, 3.63) is 0 Å². The SMILES string of the molecule is CCC(C#N)OC1CCC(C)C(C)C1. The van der Waals surface area contributed by atoms with Crippen LogP contribution in [0.3, 0.4) is 0 Å². The summed E-state index contributed by atoms with van der Waals surface area (Å²) in [6.07, 6.45) is 4.43. The molecule has 0 aliphatic heterocycles. The molecular formula is C12H21NO. The summed E-state index contributed by atoms with van der Waals surface area (Å²) >= 11 is 0. The Kier molecular flexibility index (Phi) is 4.41. The van der Waals surface area contributed by atoms with Crippen LogP contribution < -0.4 is 0 Å². The Balaban J connectivity index is 2.36. The van der Waals surface area contributed by atoms with Gasteiger partial charge in [-0.1, -0.05) is 20.8 Å². The predicted molar refractivity (Wildman–Crippen MR) is 56.7 cm³/mol. The van der Waals surface area contributed by atoms with E-state index in [0.29, 0.717) is 6.10 Å². The fourth-order valence-corrected chi connectivity index (χ4v) is 2.07. The molecule has 0 heterocycles. The van der Waals surface area contributed by atoms with Crippen molar-refractivity contribution < 1.29 is 4.74 Å². The van der Waals surface area contributed by atoms with Crippen LogP contribution in [-0.2, 0) is 4.74 Å². The average molecular weight is 195 g/mol. The van der Waals surface area contributed by atoms with E-state index < -0.39 is 0 Å². The minimum atomic E-state index is -0.194. The summed E-state index contributed by atoms with van der Waals surface area (Å²) in [6, 6.07) is 2.20. The number of ether oxygens (including phenoxy) is 1. The number of hydrogen-bond acceptors (Lipinski definition) is 2. The topological polar surface area (TPSA) is 33.0 Å². The number of rotatable bonds is 3. The van der Waals surface area contributed by atoms with E-state index in [-0.39, 0.29) is 6.10 Å². The van der Waals surface area contributed by atoms with Gasteiger partial charge in [0.2, 0.25) is 0 Å². The lowest BCUT2D eigenvalue weighted by atomic mass is 9.80. The Morgan fingerprint density at radius 2 is 2.07 bits per heavy atom. The molecular weight excluding hydrogens is 174 g/mol. The first-order valence-corrected chi connectivity index (χ1v) is 5.72. The van der Waals surface area contributed by atoms with Crippen LogP contribution in [0.2, 0.25) is 0 Å². The molecule has 14 heavy (non-hydrogen) atoms. The standard InChI is InChI=1S/C12H21NO/c1-4-11(8-13)14-12-6-5-9(2)10(3)7-12/h9-12H,4-7H2,1-3H3. The van der Waals surface area contributed by atoms with Gasteiger partial charge in [0, 0.05) is 0 Å². The number of hydrogen-bond donors (Lipinski definition) is 0. The van der Waals surface area contributed by atoms with Gasteiger partial charge in [0.1, 0.15) is 6.10 Å². The first kappa shape index (κ1) is 11.5. The Hall–Kier alpha value is -0.550. The Bertz CT molecular complexity index is 209. The third-order valence-electron chi connectivity index (χ3n) is 3.42. The predicted octanol–water partition coefficient (Wildman–Crippen LogP) is 3.13. The molecule has 2 heteroatoms. The molecule has 0 saturated heterocycles. The third-order valence-corrected chi connectivity index (χ3v) is 3.42. The van der Waals surface area contributed by atoms with Crippen molar-refractivity contribution >= 4 is 0 Å². The summed E-state index contributed by atoms with van der Waals surface area (Å²) in [4.78, 5) is 0. The molecule has 0 aromatic heterocycles. The molecule has 0 bridgehead atoms. The highest BCUT2D eigenvalue weighted by molar-refractivity contribution is 4.85. The highest BCUT2D eigenvalue weighted by Crippen LogP contribution is 2.31. The highest BCUT2D eigenvalue weighted by Gasteiger charge is 2.26. The largest absolute Gasteiger partial charge is 0.360 e. The van der Waals surface area contributed by atoms with E-state index in [2.05, 4.69) is 19.9 Å². The maximum absolute atomic E-state index is 8.80. The Labute approximate surface area is 87.3 Å². The van der Waals surface area contributed by atoms with E-state index >= 15 is 0 Å². The molecule has 4 unspecified atom stereocenters. The van der Waals surface area contributed by atoms with Crippen LogP contribution in [-0.4, -0.2) is 12.2 Å². The van der Waals surface area contributed by atoms with Crippen molar-refractivity contribution in [2.75, 3.05) is 0 Å². The lowest BCUT2D eigenvalue weighted by molar-refractivity contribution is -0.0255. The molecule has 4 atom stereocenters. The van der Waals surface area contributed by atoms with Crippen LogP contribution in [0, 0.1) is 23.2 Å². The molecule has 0 spiro atoms. The summed E-state index contributed by atoms with van der Waals surface area (Å²) in [7, 11) is 0. The lowest BCUT2D eigenvalue weighted by Gasteiger charge is -2.32. The highest BCUT2D eigenvalue weighted by atomic mass is 16.5. The van der Waals surface area contributed by atoms with Crippen molar-refractivity contribution in [2.24, 2.45) is 11.8 Å². The van der Waals surface area contributed by atoms with Crippen molar-refractivity contribution in [1.82, 2.24) is 0 Å². The van der Waals surface area contributed by atoms with Gasteiger partial charge in [-0.25, -0.2) is 0 Å². The first-order valence-electron chi connectivity index (χ1n) is 5.72. The van der Waals surface area contributed by atoms with Gasteiger partial charge in [-0.2, -0.15) is 5.26 Å². The fourth-order valence-electron chi connectivity index (χ4n) is 2.07. The molecule has 1 aliphatic rings. The van der Waals surface area contributed by atoms with Crippen LogP contribution in [0.25, 0.3) is 0 Å². The van der Waals surface area contributed by atoms with Crippen molar-refractivity contribution in [2.45, 2.75) is 58.7 Å². The maximum Gasteiger partial charge on any atom is 0.144 e. The van der Waals surface area contributed by atoms with E-state index in [9.17, 15) is 0 Å². The molecule has 1 fully saturated rings. The Morgan fingerprint density at radius 3 is 2.57 bits per heavy atom. The second-order valence-corrected chi connectivity index (χ2v) is 4.55. The summed E-state index contributed by atoms with van der Waals surface area (Å²) in [5.74, 6) is 1.56.